The third kappa shape index (κ3) is 2.49. The summed E-state index contributed by atoms with van der Waals surface area (Å²) in [6, 6.07) is 8.19. The molecule has 0 aliphatic heterocycles. The standard InChI is InChI=1S/C17H13ClFN3O2/c18-12-5-9(1-3-13(12)19)14-4-2-10(7-20-14)11-6-15(11)22-16(23)8-21-17(22)24/h1-5,7-8,11,15,23H,6H2,(H,21,24). The van der Waals surface area contributed by atoms with Crippen LogP contribution in [0.5, 0.6) is 5.88 Å². The van der Waals surface area contributed by atoms with Gasteiger partial charge in [0.15, 0.2) is 0 Å². The minimum atomic E-state index is -0.463. The Morgan fingerprint density at radius 3 is 2.79 bits per heavy atom. The number of aromatic amines is 1. The monoisotopic (exact) mass is 345 g/mol. The quantitative estimate of drug-likeness (QED) is 0.763. The zero-order valence-electron chi connectivity index (χ0n) is 12.4. The smallest absolute Gasteiger partial charge is 0.328 e. The maximum atomic E-state index is 13.2. The van der Waals surface area contributed by atoms with Crippen LogP contribution in [0.3, 0.4) is 0 Å². The van der Waals surface area contributed by atoms with Crippen LogP contribution in [0.2, 0.25) is 5.02 Å². The fourth-order valence-corrected chi connectivity index (χ4v) is 3.15. The first kappa shape index (κ1) is 15.0. The van der Waals surface area contributed by atoms with E-state index in [0.717, 1.165) is 17.5 Å². The average molecular weight is 346 g/mol. The molecule has 0 saturated heterocycles. The molecule has 2 atom stereocenters. The van der Waals surface area contributed by atoms with E-state index >= 15 is 0 Å². The van der Waals surface area contributed by atoms with Gasteiger partial charge in [-0.15, -0.1) is 0 Å². The molecule has 2 N–H and O–H groups in total. The van der Waals surface area contributed by atoms with Crippen molar-refractivity contribution < 1.29 is 9.50 Å². The molecule has 1 aliphatic rings. The Bertz CT molecular complexity index is 965. The number of aromatic nitrogens is 3. The van der Waals surface area contributed by atoms with Gasteiger partial charge in [0.25, 0.3) is 0 Å². The Hall–Kier alpha value is -2.60. The van der Waals surface area contributed by atoms with Gasteiger partial charge in [0.2, 0.25) is 5.88 Å². The van der Waals surface area contributed by atoms with Crippen molar-refractivity contribution in [3.8, 4) is 17.1 Å². The highest BCUT2D eigenvalue weighted by Crippen LogP contribution is 2.51. The van der Waals surface area contributed by atoms with Crippen LogP contribution in [0.15, 0.2) is 47.5 Å². The number of halogens is 2. The van der Waals surface area contributed by atoms with Crippen molar-refractivity contribution >= 4 is 11.6 Å². The van der Waals surface area contributed by atoms with Crippen LogP contribution in [0.4, 0.5) is 4.39 Å². The number of rotatable bonds is 3. The van der Waals surface area contributed by atoms with E-state index in [1.54, 1.807) is 12.3 Å². The highest BCUT2D eigenvalue weighted by atomic mass is 35.5. The van der Waals surface area contributed by atoms with E-state index in [-0.39, 0.29) is 28.6 Å². The number of hydrogen-bond acceptors (Lipinski definition) is 3. The van der Waals surface area contributed by atoms with Crippen LogP contribution in [-0.2, 0) is 0 Å². The lowest BCUT2D eigenvalue weighted by Gasteiger charge is -2.05. The first-order chi connectivity index (χ1) is 11.5. The summed E-state index contributed by atoms with van der Waals surface area (Å²) in [7, 11) is 0. The molecular weight excluding hydrogens is 333 g/mol. The third-order valence-corrected chi connectivity index (χ3v) is 4.60. The van der Waals surface area contributed by atoms with Crippen LogP contribution in [0.1, 0.15) is 23.9 Å². The summed E-state index contributed by atoms with van der Waals surface area (Å²) in [6.07, 6.45) is 3.80. The Morgan fingerprint density at radius 1 is 1.33 bits per heavy atom. The summed E-state index contributed by atoms with van der Waals surface area (Å²) < 4.78 is 14.6. The third-order valence-electron chi connectivity index (χ3n) is 4.31. The predicted octanol–water partition coefficient (Wildman–Crippen LogP) is 3.47. The second-order valence-electron chi connectivity index (χ2n) is 5.84. The van der Waals surface area contributed by atoms with Gasteiger partial charge in [0, 0.05) is 23.7 Å². The molecule has 0 spiro atoms. The molecule has 2 heterocycles. The lowest BCUT2D eigenvalue weighted by molar-refractivity contribution is 0.413. The summed E-state index contributed by atoms with van der Waals surface area (Å²) in [4.78, 5) is 18.6. The van der Waals surface area contributed by atoms with E-state index in [0.29, 0.717) is 5.69 Å². The van der Waals surface area contributed by atoms with Gasteiger partial charge < -0.3 is 10.1 Å². The predicted molar refractivity (Wildman–Crippen MR) is 87.8 cm³/mol. The molecule has 1 aliphatic carbocycles. The summed E-state index contributed by atoms with van der Waals surface area (Å²) in [5.74, 6) is -0.379. The molecule has 1 aromatic carbocycles. The number of benzene rings is 1. The largest absolute Gasteiger partial charge is 0.493 e. The zero-order valence-corrected chi connectivity index (χ0v) is 13.2. The van der Waals surface area contributed by atoms with Crippen molar-refractivity contribution in [1.29, 1.82) is 0 Å². The molecule has 4 rings (SSSR count). The number of H-pyrrole nitrogens is 1. The van der Waals surface area contributed by atoms with Gasteiger partial charge >= 0.3 is 5.69 Å². The maximum absolute atomic E-state index is 13.2. The highest BCUT2D eigenvalue weighted by Gasteiger charge is 2.42. The molecular formula is C17H13ClFN3O2. The Morgan fingerprint density at radius 2 is 2.17 bits per heavy atom. The van der Waals surface area contributed by atoms with Crippen molar-refractivity contribution in [3.05, 3.63) is 69.6 Å². The molecule has 1 fully saturated rings. The van der Waals surface area contributed by atoms with Crippen molar-refractivity contribution in [2.24, 2.45) is 0 Å². The van der Waals surface area contributed by atoms with Gasteiger partial charge in [-0.25, -0.2) is 9.18 Å². The van der Waals surface area contributed by atoms with Crippen molar-refractivity contribution in [2.75, 3.05) is 0 Å². The molecule has 2 unspecified atom stereocenters. The molecule has 122 valence electrons. The topological polar surface area (TPSA) is 70.9 Å². The number of nitrogens with one attached hydrogen (secondary N) is 1. The van der Waals surface area contributed by atoms with Crippen molar-refractivity contribution in [2.45, 2.75) is 18.4 Å². The second kappa shape index (κ2) is 5.49. The van der Waals surface area contributed by atoms with Crippen molar-refractivity contribution in [3.63, 3.8) is 0 Å². The van der Waals surface area contributed by atoms with E-state index in [9.17, 15) is 14.3 Å². The average Bonchev–Trinajstić information content (AvgIpc) is 3.29. The highest BCUT2D eigenvalue weighted by molar-refractivity contribution is 6.31. The number of nitrogens with zero attached hydrogens (tertiary/aromatic N) is 2. The van der Waals surface area contributed by atoms with Crippen LogP contribution < -0.4 is 5.69 Å². The Balaban J connectivity index is 1.57. The first-order valence-electron chi connectivity index (χ1n) is 7.45. The molecule has 0 radical (unpaired) electrons. The molecule has 7 heteroatoms. The number of hydrogen-bond donors (Lipinski definition) is 2. The van der Waals surface area contributed by atoms with Gasteiger partial charge in [-0.2, -0.15) is 0 Å². The fourth-order valence-electron chi connectivity index (χ4n) is 2.97. The molecule has 24 heavy (non-hydrogen) atoms. The van der Waals surface area contributed by atoms with Crippen LogP contribution in [0, 0.1) is 5.82 Å². The van der Waals surface area contributed by atoms with Crippen LogP contribution in [0.25, 0.3) is 11.3 Å². The summed E-state index contributed by atoms with van der Waals surface area (Å²) in [6.45, 7) is 0. The minimum Gasteiger partial charge on any atom is -0.493 e. The molecule has 0 bridgehead atoms. The van der Waals surface area contributed by atoms with E-state index in [1.165, 1.54) is 22.9 Å². The second-order valence-corrected chi connectivity index (χ2v) is 6.24. The molecule has 5 nitrogen and oxygen atoms in total. The summed E-state index contributed by atoms with van der Waals surface area (Å²) in [5.41, 5.74) is 2.11. The Kier molecular flexibility index (Phi) is 3.42. The van der Waals surface area contributed by atoms with Gasteiger partial charge in [-0.3, -0.25) is 9.55 Å². The Labute approximate surface area is 141 Å². The lowest BCUT2D eigenvalue weighted by Crippen LogP contribution is -2.15. The minimum absolute atomic E-state index is 0.0574. The van der Waals surface area contributed by atoms with Gasteiger partial charge in [0.05, 0.1) is 16.9 Å². The molecule has 0 amide bonds. The molecule has 2 aromatic heterocycles. The van der Waals surface area contributed by atoms with E-state index in [1.807, 2.05) is 12.1 Å². The van der Waals surface area contributed by atoms with Crippen molar-refractivity contribution in [1.82, 2.24) is 14.5 Å². The fraction of sp³-hybridized carbons (Fsp3) is 0.176. The van der Waals surface area contributed by atoms with Crippen LogP contribution in [-0.4, -0.2) is 19.6 Å². The van der Waals surface area contributed by atoms with E-state index in [2.05, 4.69) is 9.97 Å². The van der Waals surface area contributed by atoms with E-state index < -0.39 is 5.82 Å². The molecule has 3 aromatic rings. The SMILES string of the molecule is O=c1[nH]cc(O)n1C1CC1c1ccc(-c2ccc(F)c(Cl)c2)nc1. The van der Waals surface area contributed by atoms with Gasteiger partial charge in [-0.05, 0) is 36.2 Å². The summed E-state index contributed by atoms with van der Waals surface area (Å²) in [5, 5.41) is 9.78. The summed E-state index contributed by atoms with van der Waals surface area (Å²) >= 11 is 5.80. The van der Waals surface area contributed by atoms with Gasteiger partial charge in [0.1, 0.15) is 5.82 Å². The number of aromatic hydroxyl groups is 1. The number of imidazole rings is 1. The molecule has 1 saturated carbocycles. The lowest BCUT2D eigenvalue weighted by atomic mass is 10.1. The van der Waals surface area contributed by atoms with Gasteiger partial charge in [-0.1, -0.05) is 17.7 Å². The first-order valence-corrected chi connectivity index (χ1v) is 7.82. The van der Waals surface area contributed by atoms with Crippen LogP contribution >= 0.6 is 11.6 Å². The van der Waals surface area contributed by atoms with E-state index in [4.69, 9.17) is 11.6 Å². The number of pyridine rings is 1. The normalized spacial score (nSPS) is 19.4. The zero-order chi connectivity index (χ0) is 16.8. The maximum Gasteiger partial charge on any atom is 0.328 e.